The van der Waals surface area contributed by atoms with Gasteiger partial charge in [0.1, 0.15) is 0 Å². The number of hydrogen-bond acceptors (Lipinski definition) is 4. The lowest BCUT2D eigenvalue weighted by atomic mass is 10.1. The second-order valence-corrected chi connectivity index (χ2v) is 9.15. The maximum Gasteiger partial charge on any atom is 0.255 e. The first-order valence-corrected chi connectivity index (χ1v) is 11.2. The number of amides is 1. The molecule has 0 bridgehead atoms. The van der Waals surface area contributed by atoms with E-state index in [0.717, 1.165) is 17.5 Å². The Balaban J connectivity index is 1.73. The van der Waals surface area contributed by atoms with E-state index in [1.165, 1.54) is 18.2 Å². The zero-order valence-corrected chi connectivity index (χ0v) is 17.6. The first kappa shape index (κ1) is 20.9. The predicted molar refractivity (Wildman–Crippen MR) is 117 cm³/mol. The quantitative estimate of drug-likeness (QED) is 0.568. The molecule has 3 rings (SSSR count). The van der Waals surface area contributed by atoms with E-state index < -0.39 is 15.7 Å². The van der Waals surface area contributed by atoms with Gasteiger partial charge in [-0.2, -0.15) is 0 Å². The van der Waals surface area contributed by atoms with Crippen molar-refractivity contribution in [1.82, 2.24) is 0 Å². The molecule has 0 saturated heterocycles. The molecule has 5 nitrogen and oxygen atoms in total. The number of carbonyl (C=O) groups excluding carboxylic acids is 1. The van der Waals surface area contributed by atoms with Crippen molar-refractivity contribution in [3.63, 3.8) is 0 Å². The first-order valence-electron chi connectivity index (χ1n) is 8.96. The Morgan fingerprint density at radius 1 is 0.966 bits per heavy atom. The van der Waals surface area contributed by atoms with Gasteiger partial charge >= 0.3 is 0 Å². The van der Waals surface area contributed by atoms with Crippen LogP contribution in [0, 0.1) is 0 Å². The fraction of sp³-hybridized carbons (Fsp3) is 0.136. The van der Waals surface area contributed by atoms with Crippen LogP contribution in [0.4, 0.5) is 11.4 Å². The van der Waals surface area contributed by atoms with E-state index in [9.17, 15) is 13.2 Å². The number of carbonyl (C=O) groups is 1. The van der Waals surface area contributed by atoms with Crippen molar-refractivity contribution < 1.29 is 13.2 Å². The molecule has 1 atom stereocenters. The van der Waals surface area contributed by atoms with Crippen LogP contribution in [0.1, 0.15) is 28.9 Å². The van der Waals surface area contributed by atoms with Gasteiger partial charge in [0, 0.05) is 23.5 Å². The SMILES string of the molecule is CC(Nc1ccc(NC(=O)c2cccc(S(C)(=O)=O)c2)cc1Cl)c1ccccc1. The van der Waals surface area contributed by atoms with Gasteiger partial charge in [0.05, 0.1) is 15.6 Å². The smallest absolute Gasteiger partial charge is 0.255 e. The van der Waals surface area contributed by atoms with Crippen molar-refractivity contribution in [3.8, 4) is 0 Å². The third-order valence-electron chi connectivity index (χ3n) is 4.42. The highest BCUT2D eigenvalue weighted by atomic mass is 35.5. The number of halogens is 1. The molecule has 1 unspecified atom stereocenters. The van der Waals surface area contributed by atoms with Crippen molar-refractivity contribution >= 4 is 38.7 Å². The number of anilines is 2. The number of benzene rings is 3. The van der Waals surface area contributed by atoms with Crippen molar-refractivity contribution in [2.24, 2.45) is 0 Å². The van der Waals surface area contributed by atoms with E-state index in [0.29, 0.717) is 10.7 Å². The van der Waals surface area contributed by atoms with Crippen molar-refractivity contribution in [2.75, 3.05) is 16.9 Å². The Hall–Kier alpha value is -2.83. The summed E-state index contributed by atoms with van der Waals surface area (Å²) in [6.07, 6.45) is 1.10. The number of rotatable bonds is 6. The molecular weight excluding hydrogens is 408 g/mol. The summed E-state index contributed by atoms with van der Waals surface area (Å²) in [7, 11) is -3.39. The molecule has 0 aromatic heterocycles. The Labute approximate surface area is 175 Å². The van der Waals surface area contributed by atoms with Gasteiger partial charge in [-0.25, -0.2) is 8.42 Å². The van der Waals surface area contributed by atoms with E-state index in [1.54, 1.807) is 24.3 Å². The summed E-state index contributed by atoms with van der Waals surface area (Å²) in [6, 6.07) is 21.1. The van der Waals surface area contributed by atoms with Crippen LogP contribution in [0.25, 0.3) is 0 Å². The normalized spacial score (nSPS) is 12.2. The topological polar surface area (TPSA) is 75.3 Å². The number of hydrogen-bond donors (Lipinski definition) is 2. The summed E-state index contributed by atoms with van der Waals surface area (Å²) < 4.78 is 23.4. The largest absolute Gasteiger partial charge is 0.377 e. The van der Waals surface area contributed by atoms with Gasteiger partial charge in [0.25, 0.3) is 5.91 Å². The highest BCUT2D eigenvalue weighted by Crippen LogP contribution is 2.29. The zero-order chi connectivity index (χ0) is 21.0. The number of sulfone groups is 1. The zero-order valence-electron chi connectivity index (χ0n) is 16.0. The molecule has 0 radical (unpaired) electrons. The van der Waals surface area contributed by atoms with Crippen LogP contribution >= 0.6 is 11.6 Å². The average molecular weight is 429 g/mol. The minimum atomic E-state index is -3.39. The van der Waals surface area contributed by atoms with Crippen molar-refractivity contribution in [3.05, 3.63) is 88.9 Å². The van der Waals surface area contributed by atoms with Crippen LogP contribution in [-0.4, -0.2) is 20.6 Å². The molecule has 0 aliphatic heterocycles. The lowest BCUT2D eigenvalue weighted by molar-refractivity contribution is 0.102. The number of nitrogens with one attached hydrogen (secondary N) is 2. The van der Waals surface area contributed by atoms with Gasteiger partial charge in [0.15, 0.2) is 9.84 Å². The predicted octanol–water partition coefficient (Wildman–Crippen LogP) is 5.17. The molecule has 1 amide bonds. The van der Waals surface area contributed by atoms with Gasteiger partial charge in [-0.05, 0) is 48.9 Å². The van der Waals surface area contributed by atoms with Crippen LogP contribution < -0.4 is 10.6 Å². The summed E-state index contributed by atoms with van der Waals surface area (Å²) >= 11 is 6.38. The van der Waals surface area contributed by atoms with Crippen LogP contribution in [0.5, 0.6) is 0 Å². The third kappa shape index (κ3) is 5.37. The summed E-state index contributed by atoms with van der Waals surface area (Å²) in [4.78, 5) is 12.6. The Bertz CT molecular complexity index is 1130. The Kier molecular flexibility index (Phi) is 6.25. The van der Waals surface area contributed by atoms with Crippen LogP contribution in [0.2, 0.25) is 5.02 Å². The maximum atomic E-state index is 12.5. The molecule has 3 aromatic carbocycles. The fourth-order valence-corrected chi connectivity index (χ4v) is 3.74. The van der Waals surface area contributed by atoms with Gasteiger partial charge in [-0.1, -0.05) is 48.0 Å². The molecule has 3 aromatic rings. The van der Waals surface area contributed by atoms with E-state index in [1.807, 2.05) is 37.3 Å². The molecule has 2 N–H and O–H groups in total. The molecule has 0 heterocycles. The van der Waals surface area contributed by atoms with Gasteiger partial charge < -0.3 is 10.6 Å². The molecule has 0 aliphatic rings. The Morgan fingerprint density at radius 3 is 2.34 bits per heavy atom. The molecule has 0 saturated carbocycles. The van der Waals surface area contributed by atoms with Gasteiger partial charge in [-0.15, -0.1) is 0 Å². The van der Waals surface area contributed by atoms with Gasteiger partial charge in [0.2, 0.25) is 0 Å². The maximum absolute atomic E-state index is 12.5. The third-order valence-corrected chi connectivity index (χ3v) is 5.85. The average Bonchev–Trinajstić information content (AvgIpc) is 2.70. The highest BCUT2D eigenvalue weighted by molar-refractivity contribution is 7.90. The highest BCUT2D eigenvalue weighted by Gasteiger charge is 2.13. The molecule has 0 fully saturated rings. The molecule has 7 heteroatoms. The second kappa shape index (κ2) is 8.68. The minimum absolute atomic E-state index is 0.0628. The van der Waals surface area contributed by atoms with E-state index in [-0.39, 0.29) is 16.5 Å². The standard InChI is InChI=1S/C22H21ClN2O3S/c1-15(16-7-4-3-5-8-16)24-21-12-11-18(14-20(21)23)25-22(26)17-9-6-10-19(13-17)29(2,27)28/h3-15,24H,1-2H3,(H,25,26). The van der Waals surface area contributed by atoms with Gasteiger partial charge in [-0.3, -0.25) is 4.79 Å². The van der Waals surface area contributed by atoms with Crippen LogP contribution in [0.3, 0.4) is 0 Å². The van der Waals surface area contributed by atoms with E-state index in [4.69, 9.17) is 11.6 Å². The molecular formula is C22H21ClN2O3S. The van der Waals surface area contributed by atoms with E-state index in [2.05, 4.69) is 10.6 Å². The second-order valence-electron chi connectivity index (χ2n) is 6.73. The molecule has 29 heavy (non-hydrogen) atoms. The van der Waals surface area contributed by atoms with E-state index >= 15 is 0 Å². The first-order chi connectivity index (χ1) is 13.7. The molecule has 0 aliphatic carbocycles. The fourth-order valence-electron chi connectivity index (χ4n) is 2.84. The molecule has 0 spiro atoms. The van der Waals surface area contributed by atoms with Crippen molar-refractivity contribution in [1.29, 1.82) is 0 Å². The summed E-state index contributed by atoms with van der Waals surface area (Å²) in [6.45, 7) is 2.04. The summed E-state index contributed by atoms with van der Waals surface area (Å²) in [5.41, 5.74) is 2.65. The van der Waals surface area contributed by atoms with Crippen LogP contribution in [-0.2, 0) is 9.84 Å². The van der Waals surface area contributed by atoms with Crippen LogP contribution in [0.15, 0.2) is 77.7 Å². The minimum Gasteiger partial charge on any atom is -0.377 e. The lowest BCUT2D eigenvalue weighted by Gasteiger charge is -2.17. The summed E-state index contributed by atoms with van der Waals surface area (Å²) in [5, 5.41) is 6.56. The molecule has 150 valence electrons. The lowest BCUT2D eigenvalue weighted by Crippen LogP contribution is -2.13. The monoisotopic (exact) mass is 428 g/mol. The van der Waals surface area contributed by atoms with Crippen molar-refractivity contribution in [2.45, 2.75) is 17.9 Å². The Morgan fingerprint density at radius 2 is 1.69 bits per heavy atom. The summed E-state index contributed by atoms with van der Waals surface area (Å²) in [5.74, 6) is -0.412.